The van der Waals surface area contributed by atoms with Gasteiger partial charge >= 0.3 is 0 Å². The van der Waals surface area contributed by atoms with Crippen molar-refractivity contribution < 1.29 is 0 Å². The number of nitrogens with zero attached hydrogens (tertiary/aromatic N) is 1. The van der Waals surface area contributed by atoms with Crippen molar-refractivity contribution in [3.05, 3.63) is 35.5 Å². The Morgan fingerprint density at radius 3 is 2.56 bits per heavy atom. The predicted molar refractivity (Wildman–Crippen MR) is 69.9 cm³/mol. The van der Waals surface area contributed by atoms with Gasteiger partial charge in [0.15, 0.2) is 0 Å². The Labute approximate surface area is 97.3 Å². The Bertz CT molecular complexity index is 482. The molecule has 1 heterocycles. The molecule has 16 heavy (non-hydrogen) atoms. The second kappa shape index (κ2) is 4.30. The SMILES string of the molecule is Cc1c(CC(C)N(C)C)[nH]c2ccccc12. The van der Waals surface area contributed by atoms with Crippen LogP contribution in [0.25, 0.3) is 10.9 Å². The molecule has 1 atom stereocenters. The lowest BCUT2D eigenvalue weighted by Gasteiger charge is -2.19. The van der Waals surface area contributed by atoms with Crippen LogP contribution in [0.2, 0.25) is 0 Å². The van der Waals surface area contributed by atoms with Crippen molar-refractivity contribution >= 4 is 10.9 Å². The van der Waals surface area contributed by atoms with E-state index in [1.54, 1.807) is 0 Å². The van der Waals surface area contributed by atoms with E-state index in [0.29, 0.717) is 6.04 Å². The van der Waals surface area contributed by atoms with Gasteiger partial charge in [-0.3, -0.25) is 0 Å². The molecule has 2 nitrogen and oxygen atoms in total. The van der Waals surface area contributed by atoms with Gasteiger partial charge in [-0.1, -0.05) is 18.2 Å². The van der Waals surface area contributed by atoms with Crippen LogP contribution in [0.4, 0.5) is 0 Å². The molecule has 0 aliphatic carbocycles. The van der Waals surface area contributed by atoms with Crippen LogP contribution in [0.15, 0.2) is 24.3 Å². The second-order valence-corrected chi connectivity index (χ2v) is 4.79. The first-order chi connectivity index (χ1) is 7.59. The minimum atomic E-state index is 0.562. The van der Waals surface area contributed by atoms with Gasteiger partial charge in [-0.15, -0.1) is 0 Å². The Balaban J connectivity index is 2.35. The minimum Gasteiger partial charge on any atom is -0.358 e. The highest BCUT2D eigenvalue weighted by Gasteiger charge is 2.11. The van der Waals surface area contributed by atoms with Gasteiger partial charge in [0.1, 0.15) is 0 Å². The molecule has 86 valence electrons. The molecule has 1 aromatic heterocycles. The van der Waals surface area contributed by atoms with Crippen molar-refractivity contribution in [2.75, 3.05) is 14.1 Å². The molecule has 1 aromatic carbocycles. The highest BCUT2D eigenvalue weighted by Crippen LogP contribution is 2.22. The third-order valence-electron chi connectivity index (χ3n) is 3.45. The van der Waals surface area contributed by atoms with E-state index in [0.717, 1.165) is 6.42 Å². The first-order valence-corrected chi connectivity index (χ1v) is 5.82. The van der Waals surface area contributed by atoms with E-state index in [-0.39, 0.29) is 0 Å². The lowest BCUT2D eigenvalue weighted by molar-refractivity contribution is 0.310. The topological polar surface area (TPSA) is 19.0 Å². The maximum atomic E-state index is 3.52. The summed E-state index contributed by atoms with van der Waals surface area (Å²) < 4.78 is 0. The molecule has 0 saturated carbocycles. The number of rotatable bonds is 3. The van der Waals surface area contributed by atoms with Crippen molar-refractivity contribution in [2.24, 2.45) is 0 Å². The van der Waals surface area contributed by atoms with Gasteiger partial charge in [-0.2, -0.15) is 0 Å². The molecular formula is C14H20N2. The Kier molecular flexibility index (Phi) is 3.01. The maximum Gasteiger partial charge on any atom is 0.0458 e. The predicted octanol–water partition coefficient (Wildman–Crippen LogP) is 2.97. The third-order valence-corrected chi connectivity index (χ3v) is 3.45. The first kappa shape index (κ1) is 11.2. The van der Waals surface area contributed by atoms with Crippen molar-refractivity contribution in [1.29, 1.82) is 0 Å². The molecule has 0 bridgehead atoms. The number of aromatic nitrogens is 1. The monoisotopic (exact) mass is 216 g/mol. The number of para-hydroxylation sites is 1. The maximum absolute atomic E-state index is 3.52. The zero-order chi connectivity index (χ0) is 11.7. The third kappa shape index (κ3) is 1.98. The summed E-state index contributed by atoms with van der Waals surface area (Å²) in [5.41, 5.74) is 4.01. The number of aryl methyl sites for hydroxylation is 1. The van der Waals surface area contributed by atoms with E-state index in [2.05, 4.69) is 62.1 Å². The standard InChI is InChI=1S/C14H20N2/c1-10(16(3)4)9-14-11(2)12-7-5-6-8-13(12)15-14/h5-8,10,15H,9H2,1-4H3. The largest absolute Gasteiger partial charge is 0.358 e. The number of aromatic amines is 1. The van der Waals surface area contributed by atoms with Crippen LogP contribution in [-0.2, 0) is 6.42 Å². The summed E-state index contributed by atoms with van der Waals surface area (Å²) in [7, 11) is 4.26. The van der Waals surface area contributed by atoms with Crippen LogP contribution in [0.3, 0.4) is 0 Å². The van der Waals surface area contributed by atoms with Crippen molar-refractivity contribution in [2.45, 2.75) is 26.3 Å². The Morgan fingerprint density at radius 1 is 1.25 bits per heavy atom. The molecule has 0 saturated heterocycles. The summed E-state index contributed by atoms with van der Waals surface area (Å²) in [6.07, 6.45) is 1.08. The molecule has 2 heteroatoms. The van der Waals surface area contributed by atoms with Gasteiger partial charge in [0.2, 0.25) is 0 Å². The smallest absolute Gasteiger partial charge is 0.0458 e. The van der Waals surface area contributed by atoms with E-state index < -0.39 is 0 Å². The lowest BCUT2D eigenvalue weighted by Crippen LogP contribution is -2.27. The number of hydrogen-bond acceptors (Lipinski definition) is 1. The zero-order valence-corrected chi connectivity index (χ0v) is 10.5. The van der Waals surface area contributed by atoms with E-state index in [1.807, 2.05) is 0 Å². The van der Waals surface area contributed by atoms with Gasteiger partial charge in [0.05, 0.1) is 0 Å². The quantitative estimate of drug-likeness (QED) is 0.835. The molecule has 2 aromatic rings. The second-order valence-electron chi connectivity index (χ2n) is 4.79. The van der Waals surface area contributed by atoms with E-state index in [4.69, 9.17) is 0 Å². The number of benzene rings is 1. The first-order valence-electron chi connectivity index (χ1n) is 5.82. The number of nitrogens with one attached hydrogen (secondary N) is 1. The van der Waals surface area contributed by atoms with E-state index in [1.165, 1.54) is 22.2 Å². The normalized spacial score (nSPS) is 13.6. The molecule has 0 spiro atoms. The van der Waals surface area contributed by atoms with Gasteiger partial charge in [0, 0.05) is 29.1 Å². The molecule has 0 amide bonds. The van der Waals surface area contributed by atoms with E-state index in [9.17, 15) is 0 Å². The average Bonchev–Trinajstić information content (AvgIpc) is 2.56. The summed E-state index contributed by atoms with van der Waals surface area (Å²) in [4.78, 5) is 5.78. The molecule has 1 unspecified atom stereocenters. The van der Waals surface area contributed by atoms with Crippen molar-refractivity contribution in [3.63, 3.8) is 0 Å². The van der Waals surface area contributed by atoms with Crippen LogP contribution in [0.5, 0.6) is 0 Å². The molecule has 0 aliphatic rings. The van der Waals surface area contributed by atoms with Crippen LogP contribution in [-0.4, -0.2) is 30.0 Å². The molecule has 0 radical (unpaired) electrons. The number of hydrogen-bond donors (Lipinski definition) is 1. The van der Waals surface area contributed by atoms with Gasteiger partial charge in [0.25, 0.3) is 0 Å². The molecule has 0 fully saturated rings. The van der Waals surface area contributed by atoms with Gasteiger partial charge in [-0.05, 0) is 39.6 Å². The zero-order valence-electron chi connectivity index (χ0n) is 10.5. The van der Waals surface area contributed by atoms with Crippen molar-refractivity contribution in [1.82, 2.24) is 9.88 Å². The summed E-state index contributed by atoms with van der Waals surface area (Å²) >= 11 is 0. The fraction of sp³-hybridized carbons (Fsp3) is 0.429. The van der Waals surface area contributed by atoms with Gasteiger partial charge < -0.3 is 9.88 Å². The number of fused-ring (bicyclic) bond motifs is 1. The van der Waals surface area contributed by atoms with Crippen LogP contribution < -0.4 is 0 Å². The van der Waals surface area contributed by atoms with Crippen molar-refractivity contribution in [3.8, 4) is 0 Å². The molecule has 1 N–H and O–H groups in total. The van der Waals surface area contributed by atoms with E-state index >= 15 is 0 Å². The molecular weight excluding hydrogens is 196 g/mol. The summed E-state index contributed by atoms with van der Waals surface area (Å²) in [5.74, 6) is 0. The molecule has 2 rings (SSSR count). The fourth-order valence-electron chi connectivity index (χ4n) is 2.02. The summed E-state index contributed by atoms with van der Waals surface area (Å²) in [6, 6.07) is 9.07. The Hall–Kier alpha value is -1.28. The fourth-order valence-corrected chi connectivity index (χ4v) is 2.02. The highest BCUT2D eigenvalue weighted by atomic mass is 15.1. The van der Waals surface area contributed by atoms with Crippen LogP contribution >= 0.6 is 0 Å². The molecule has 0 aliphatic heterocycles. The highest BCUT2D eigenvalue weighted by molar-refractivity contribution is 5.84. The van der Waals surface area contributed by atoms with Crippen LogP contribution in [0.1, 0.15) is 18.2 Å². The lowest BCUT2D eigenvalue weighted by atomic mass is 10.1. The number of H-pyrrole nitrogens is 1. The minimum absolute atomic E-state index is 0.562. The summed E-state index contributed by atoms with van der Waals surface area (Å²) in [5, 5.41) is 1.35. The van der Waals surface area contributed by atoms with Gasteiger partial charge in [-0.25, -0.2) is 0 Å². The summed E-state index contributed by atoms with van der Waals surface area (Å²) in [6.45, 7) is 4.46. The Morgan fingerprint density at radius 2 is 1.94 bits per heavy atom. The average molecular weight is 216 g/mol. The van der Waals surface area contributed by atoms with Crippen LogP contribution in [0, 0.1) is 6.92 Å². The number of likely N-dealkylation sites (N-methyl/N-ethyl adjacent to an activating group) is 1.